The van der Waals surface area contributed by atoms with Gasteiger partial charge in [-0.3, -0.25) is 4.79 Å². The summed E-state index contributed by atoms with van der Waals surface area (Å²) in [5.41, 5.74) is 1.14. The minimum absolute atomic E-state index is 0.0676. The molecule has 0 fully saturated rings. The molecule has 1 N–H and O–H groups in total. The van der Waals surface area contributed by atoms with E-state index in [1.54, 1.807) is 0 Å². The van der Waals surface area contributed by atoms with Crippen LogP contribution in [0.2, 0.25) is 0 Å². The van der Waals surface area contributed by atoms with Crippen LogP contribution in [0.4, 0.5) is 0 Å². The highest BCUT2D eigenvalue weighted by Gasteiger charge is 2.15. The fraction of sp³-hybridized carbons (Fsp3) is 0.500. The van der Waals surface area contributed by atoms with Gasteiger partial charge in [-0.1, -0.05) is 44.2 Å². The molecule has 0 aromatic heterocycles. The zero-order valence-corrected chi connectivity index (χ0v) is 10.8. The second-order valence-electron chi connectivity index (χ2n) is 4.59. The summed E-state index contributed by atoms with van der Waals surface area (Å²) in [7, 11) is 1.53. The smallest absolute Gasteiger partial charge is 0.246 e. The SMILES string of the molecule is COCC(=O)N[C@H](CC(C)C)c1ccccc1. The summed E-state index contributed by atoms with van der Waals surface area (Å²) in [5, 5.41) is 3.00. The Labute approximate surface area is 103 Å². The molecule has 1 atom stereocenters. The number of ether oxygens (including phenoxy) is 1. The lowest BCUT2D eigenvalue weighted by Crippen LogP contribution is -2.32. The van der Waals surface area contributed by atoms with E-state index in [1.165, 1.54) is 7.11 Å². The van der Waals surface area contributed by atoms with Crippen molar-refractivity contribution in [3.05, 3.63) is 35.9 Å². The molecule has 0 heterocycles. The first-order valence-corrected chi connectivity index (χ1v) is 5.96. The molecule has 1 rings (SSSR count). The molecule has 0 aliphatic carbocycles. The maximum atomic E-state index is 11.6. The predicted molar refractivity (Wildman–Crippen MR) is 68.7 cm³/mol. The molecule has 0 aliphatic heterocycles. The van der Waals surface area contributed by atoms with Gasteiger partial charge >= 0.3 is 0 Å². The molecular weight excluding hydrogens is 214 g/mol. The van der Waals surface area contributed by atoms with Gasteiger partial charge in [-0.25, -0.2) is 0 Å². The highest BCUT2D eigenvalue weighted by atomic mass is 16.5. The largest absolute Gasteiger partial charge is 0.375 e. The third-order valence-electron chi connectivity index (χ3n) is 2.52. The molecule has 0 unspecified atom stereocenters. The summed E-state index contributed by atoms with van der Waals surface area (Å²) < 4.78 is 4.83. The number of hydrogen-bond donors (Lipinski definition) is 1. The van der Waals surface area contributed by atoms with Gasteiger partial charge in [0.25, 0.3) is 0 Å². The van der Waals surface area contributed by atoms with Crippen molar-refractivity contribution in [1.82, 2.24) is 5.32 Å². The molecule has 0 radical (unpaired) electrons. The quantitative estimate of drug-likeness (QED) is 0.823. The zero-order chi connectivity index (χ0) is 12.7. The molecule has 0 spiro atoms. The molecule has 17 heavy (non-hydrogen) atoms. The van der Waals surface area contributed by atoms with Gasteiger partial charge in [0.15, 0.2) is 0 Å². The van der Waals surface area contributed by atoms with E-state index >= 15 is 0 Å². The first kappa shape index (κ1) is 13.7. The maximum Gasteiger partial charge on any atom is 0.246 e. The lowest BCUT2D eigenvalue weighted by molar-refractivity contribution is -0.125. The fourth-order valence-corrected chi connectivity index (χ4v) is 1.80. The van der Waals surface area contributed by atoms with Gasteiger partial charge in [-0.15, -0.1) is 0 Å². The van der Waals surface area contributed by atoms with Crippen LogP contribution in [0.1, 0.15) is 31.9 Å². The van der Waals surface area contributed by atoms with Crippen molar-refractivity contribution in [2.75, 3.05) is 13.7 Å². The van der Waals surface area contributed by atoms with Crippen molar-refractivity contribution in [2.45, 2.75) is 26.3 Å². The van der Waals surface area contributed by atoms with Crippen LogP contribution < -0.4 is 5.32 Å². The van der Waals surface area contributed by atoms with E-state index in [4.69, 9.17) is 4.74 Å². The van der Waals surface area contributed by atoms with Gasteiger partial charge in [0, 0.05) is 7.11 Å². The Hall–Kier alpha value is -1.35. The molecule has 94 valence electrons. The first-order valence-electron chi connectivity index (χ1n) is 5.96. The minimum atomic E-state index is -0.0676. The third kappa shape index (κ3) is 5.00. The normalized spacial score (nSPS) is 12.5. The Kier molecular flexibility index (Phi) is 5.70. The van der Waals surface area contributed by atoms with Gasteiger partial charge in [-0.2, -0.15) is 0 Å². The highest BCUT2D eigenvalue weighted by Crippen LogP contribution is 2.20. The summed E-state index contributed by atoms with van der Waals surface area (Å²) in [6.45, 7) is 4.41. The molecule has 1 aromatic rings. The average molecular weight is 235 g/mol. The second kappa shape index (κ2) is 7.07. The van der Waals surface area contributed by atoms with E-state index in [0.29, 0.717) is 5.92 Å². The Morgan fingerprint density at radius 2 is 1.94 bits per heavy atom. The van der Waals surface area contributed by atoms with Crippen molar-refractivity contribution in [3.63, 3.8) is 0 Å². The number of benzene rings is 1. The molecule has 3 nitrogen and oxygen atoms in total. The predicted octanol–water partition coefficient (Wildman–Crippen LogP) is 2.54. The second-order valence-corrected chi connectivity index (χ2v) is 4.59. The first-order chi connectivity index (χ1) is 8.13. The van der Waals surface area contributed by atoms with Crippen LogP contribution in [-0.4, -0.2) is 19.6 Å². The van der Waals surface area contributed by atoms with Crippen LogP contribution in [0.25, 0.3) is 0 Å². The Morgan fingerprint density at radius 3 is 2.47 bits per heavy atom. The van der Waals surface area contributed by atoms with Gasteiger partial charge in [0.05, 0.1) is 6.04 Å². The minimum Gasteiger partial charge on any atom is -0.375 e. The average Bonchev–Trinajstić information content (AvgIpc) is 2.29. The van der Waals surface area contributed by atoms with E-state index in [-0.39, 0.29) is 18.6 Å². The van der Waals surface area contributed by atoms with Gasteiger partial charge < -0.3 is 10.1 Å². The summed E-state index contributed by atoms with van der Waals surface area (Å²) in [6.07, 6.45) is 0.930. The highest BCUT2D eigenvalue weighted by molar-refractivity contribution is 5.77. The van der Waals surface area contributed by atoms with E-state index in [9.17, 15) is 4.79 Å². The fourth-order valence-electron chi connectivity index (χ4n) is 1.80. The molecule has 0 aliphatic rings. The topological polar surface area (TPSA) is 38.3 Å². The summed E-state index contributed by atoms with van der Waals surface area (Å²) in [4.78, 5) is 11.6. The number of nitrogens with one attached hydrogen (secondary N) is 1. The summed E-state index contributed by atoms with van der Waals surface area (Å²) in [6, 6.07) is 10.1. The monoisotopic (exact) mass is 235 g/mol. The van der Waals surface area contributed by atoms with E-state index < -0.39 is 0 Å². The van der Waals surface area contributed by atoms with Crippen molar-refractivity contribution in [3.8, 4) is 0 Å². The van der Waals surface area contributed by atoms with Gasteiger partial charge in [0.1, 0.15) is 6.61 Å². The molecule has 1 aromatic carbocycles. The van der Waals surface area contributed by atoms with Crippen molar-refractivity contribution < 1.29 is 9.53 Å². The molecule has 3 heteroatoms. The van der Waals surface area contributed by atoms with E-state index in [1.807, 2.05) is 30.3 Å². The molecular formula is C14H21NO2. The maximum absolute atomic E-state index is 11.6. The van der Waals surface area contributed by atoms with Crippen molar-refractivity contribution in [2.24, 2.45) is 5.92 Å². The number of hydrogen-bond acceptors (Lipinski definition) is 2. The zero-order valence-electron chi connectivity index (χ0n) is 10.8. The van der Waals surface area contributed by atoms with Crippen LogP contribution in [0, 0.1) is 5.92 Å². The lowest BCUT2D eigenvalue weighted by Gasteiger charge is -2.21. The molecule has 1 amide bonds. The van der Waals surface area contributed by atoms with Crippen LogP contribution >= 0.6 is 0 Å². The van der Waals surface area contributed by atoms with Crippen LogP contribution in [0.15, 0.2) is 30.3 Å². The van der Waals surface area contributed by atoms with Gasteiger partial charge in [-0.05, 0) is 17.9 Å². The Bertz CT molecular complexity index is 335. The van der Waals surface area contributed by atoms with Crippen LogP contribution in [0.3, 0.4) is 0 Å². The summed E-state index contributed by atoms with van der Waals surface area (Å²) >= 11 is 0. The van der Waals surface area contributed by atoms with Crippen LogP contribution in [-0.2, 0) is 9.53 Å². The van der Waals surface area contributed by atoms with Crippen LogP contribution in [0.5, 0.6) is 0 Å². The van der Waals surface area contributed by atoms with Crippen molar-refractivity contribution in [1.29, 1.82) is 0 Å². The number of methoxy groups -OCH3 is 1. The molecule has 0 saturated heterocycles. The lowest BCUT2D eigenvalue weighted by atomic mass is 9.97. The number of rotatable bonds is 6. The van der Waals surface area contributed by atoms with Gasteiger partial charge in [0.2, 0.25) is 5.91 Å². The Morgan fingerprint density at radius 1 is 1.29 bits per heavy atom. The molecule has 0 saturated carbocycles. The standard InChI is InChI=1S/C14H21NO2/c1-11(2)9-13(15-14(16)10-17-3)12-7-5-4-6-8-12/h4-8,11,13H,9-10H2,1-3H3,(H,15,16)/t13-/m1/s1. The summed E-state index contributed by atoms with van der Waals surface area (Å²) in [5.74, 6) is 0.463. The number of amides is 1. The van der Waals surface area contributed by atoms with E-state index in [2.05, 4.69) is 19.2 Å². The molecule has 0 bridgehead atoms. The van der Waals surface area contributed by atoms with E-state index in [0.717, 1.165) is 12.0 Å². The number of carbonyl (C=O) groups is 1. The third-order valence-corrected chi connectivity index (χ3v) is 2.52. The van der Waals surface area contributed by atoms with Crippen molar-refractivity contribution >= 4 is 5.91 Å². The number of carbonyl (C=O) groups excluding carboxylic acids is 1. The Balaban J connectivity index is 2.70.